The van der Waals surface area contributed by atoms with E-state index < -0.39 is 0 Å². The molecule has 114 valence electrons. The molecule has 1 aliphatic rings. The number of fused-ring (bicyclic) bond motifs is 1. The number of nitrogens with one attached hydrogen (secondary N) is 2. The van der Waals surface area contributed by atoms with Crippen LogP contribution in [0.25, 0.3) is 21.6 Å². The minimum Gasteiger partial charge on any atom is -0.378 e. The molecule has 4 rings (SSSR count). The van der Waals surface area contributed by atoms with E-state index in [0.717, 1.165) is 39.6 Å². The SMILES string of the molecule is O=c1cc(N2CCOCC2)[nH]c2c(-c3nc(Br)cs3)c[nH]c12. The number of hydrogen-bond donors (Lipinski definition) is 2. The van der Waals surface area contributed by atoms with Gasteiger partial charge in [0.05, 0.1) is 24.3 Å². The summed E-state index contributed by atoms with van der Waals surface area (Å²) in [5.41, 5.74) is 2.28. The van der Waals surface area contributed by atoms with Crippen molar-refractivity contribution in [1.82, 2.24) is 15.0 Å². The van der Waals surface area contributed by atoms with Gasteiger partial charge in [0, 0.05) is 30.7 Å². The molecular formula is C14H13BrN4O2S. The quantitative estimate of drug-likeness (QED) is 0.716. The number of thiazole rings is 1. The number of halogens is 1. The molecule has 8 heteroatoms. The summed E-state index contributed by atoms with van der Waals surface area (Å²) in [6, 6.07) is 1.64. The van der Waals surface area contributed by atoms with Crippen molar-refractivity contribution in [3.63, 3.8) is 0 Å². The van der Waals surface area contributed by atoms with Crippen molar-refractivity contribution in [3.05, 3.63) is 32.5 Å². The fraction of sp³-hybridized carbons (Fsp3) is 0.286. The second-order valence-electron chi connectivity index (χ2n) is 5.05. The molecule has 6 nitrogen and oxygen atoms in total. The number of anilines is 1. The summed E-state index contributed by atoms with van der Waals surface area (Å²) in [6.07, 6.45) is 1.83. The molecule has 3 aromatic rings. The molecule has 0 aliphatic carbocycles. The molecule has 3 aromatic heterocycles. The van der Waals surface area contributed by atoms with Crippen molar-refractivity contribution in [3.8, 4) is 10.6 Å². The maximum Gasteiger partial charge on any atom is 0.207 e. The number of aromatic nitrogens is 3. The third-order valence-electron chi connectivity index (χ3n) is 3.71. The van der Waals surface area contributed by atoms with E-state index in [9.17, 15) is 4.79 Å². The first kappa shape index (κ1) is 14.0. The van der Waals surface area contributed by atoms with E-state index in [0.29, 0.717) is 18.7 Å². The first-order chi connectivity index (χ1) is 10.7. The third-order valence-corrected chi connectivity index (χ3v) is 5.29. The average molecular weight is 381 g/mol. The Morgan fingerprint density at radius 1 is 1.32 bits per heavy atom. The maximum atomic E-state index is 12.4. The van der Waals surface area contributed by atoms with Crippen molar-refractivity contribution >= 4 is 44.1 Å². The summed E-state index contributed by atoms with van der Waals surface area (Å²) < 4.78 is 6.17. The molecular weight excluding hydrogens is 368 g/mol. The number of morpholine rings is 1. The van der Waals surface area contributed by atoms with Crippen molar-refractivity contribution in [2.45, 2.75) is 0 Å². The van der Waals surface area contributed by atoms with Gasteiger partial charge in [-0.05, 0) is 15.9 Å². The number of rotatable bonds is 2. The van der Waals surface area contributed by atoms with Gasteiger partial charge >= 0.3 is 0 Å². The number of ether oxygens (including phenoxy) is 1. The number of nitrogens with zero attached hydrogens (tertiary/aromatic N) is 2. The van der Waals surface area contributed by atoms with Gasteiger partial charge in [-0.15, -0.1) is 11.3 Å². The van der Waals surface area contributed by atoms with Gasteiger partial charge in [0.25, 0.3) is 0 Å². The summed E-state index contributed by atoms with van der Waals surface area (Å²) in [5, 5.41) is 2.80. The van der Waals surface area contributed by atoms with E-state index in [1.807, 2.05) is 11.6 Å². The van der Waals surface area contributed by atoms with Crippen molar-refractivity contribution in [2.24, 2.45) is 0 Å². The number of hydrogen-bond acceptors (Lipinski definition) is 5. The van der Waals surface area contributed by atoms with Gasteiger partial charge in [-0.25, -0.2) is 4.98 Å². The van der Waals surface area contributed by atoms with Crippen molar-refractivity contribution in [1.29, 1.82) is 0 Å². The van der Waals surface area contributed by atoms with Crippen molar-refractivity contribution in [2.75, 3.05) is 31.2 Å². The normalized spacial score (nSPS) is 15.6. The van der Waals surface area contributed by atoms with E-state index in [2.05, 4.69) is 35.8 Å². The molecule has 1 aliphatic heterocycles. The lowest BCUT2D eigenvalue weighted by atomic mass is 10.2. The van der Waals surface area contributed by atoms with E-state index in [1.165, 1.54) is 11.3 Å². The van der Waals surface area contributed by atoms with Crippen LogP contribution >= 0.6 is 27.3 Å². The minimum atomic E-state index is -0.0166. The molecule has 1 saturated heterocycles. The van der Waals surface area contributed by atoms with Crippen LogP contribution in [0, 0.1) is 0 Å². The summed E-state index contributed by atoms with van der Waals surface area (Å²) >= 11 is 4.90. The van der Waals surface area contributed by atoms with Crippen LogP contribution in [0.2, 0.25) is 0 Å². The third kappa shape index (κ3) is 2.37. The predicted molar refractivity (Wildman–Crippen MR) is 90.8 cm³/mol. The largest absolute Gasteiger partial charge is 0.378 e. The molecule has 0 saturated carbocycles. The van der Waals surface area contributed by atoms with Crippen LogP contribution in [0.5, 0.6) is 0 Å². The lowest BCUT2D eigenvalue weighted by molar-refractivity contribution is 0.122. The van der Waals surface area contributed by atoms with Crippen LogP contribution in [-0.2, 0) is 4.74 Å². The molecule has 0 unspecified atom stereocenters. The molecule has 0 amide bonds. The Morgan fingerprint density at radius 2 is 2.14 bits per heavy atom. The minimum absolute atomic E-state index is 0.0166. The van der Waals surface area contributed by atoms with Gasteiger partial charge in [0.1, 0.15) is 20.9 Å². The monoisotopic (exact) mass is 380 g/mol. The van der Waals surface area contributed by atoms with Crippen LogP contribution in [0.15, 0.2) is 27.0 Å². The van der Waals surface area contributed by atoms with Gasteiger partial charge in [0.2, 0.25) is 5.43 Å². The van der Waals surface area contributed by atoms with Gasteiger partial charge in [0.15, 0.2) is 0 Å². The zero-order valence-corrected chi connectivity index (χ0v) is 14.0. The Bertz CT molecular complexity index is 878. The molecule has 0 spiro atoms. The second kappa shape index (κ2) is 5.53. The molecule has 4 heterocycles. The van der Waals surface area contributed by atoms with Crippen LogP contribution in [0.3, 0.4) is 0 Å². The zero-order chi connectivity index (χ0) is 15.1. The van der Waals surface area contributed by atoms with E-state index in [1.54, 1.807) is 6.07 Å². The first-order valence-electron chi connectivity index (χ1n) is 6.91. The lowest BCUT2D eigenvalue weighted by Gasteiger charge is -2.28. The first-order valence-corrected chi connectivity index (χ1v) is 8.58. The lowest BCUT2D eigenvalue weighted by Crippen LogP contribution is -2.37. The topological polar surface area (TPSA) is 74.0 Å². The zero-order valence-electron chi connectivity index (χ0n) is 11.6. The van der Waals surface area contributed by atoms with Gasteiger partial charge in [-0.3, -0.25) is 4.79 Å². The molecule has 0 bridgehead atoms. The number of pyridine rings is 1. The van der Waals surface area contributed by atoms with Crippen LogP contribution in [0.4, 0.5) is 5.82 Å². The summed E-state index contributed by atoms with van der Waals surface area (Å²) in [4.78, 5) is 25.4. The number of aromatic amines is 2. The van der Waals surface area contributed by atoms with Crippen LogP contribution in [0.1, 0.15) is 0 Å². The van der Waals surface area contributed by atoms with E-state index in [-0.39, 0.29) is 5.43 Å². The number of H-pyrrole nitrogens is 2. The van der Waals surface area contributed by atoms with Crippen molar-refractivity contribution < 1.29 is 4.74 Å². The van der Waals surface area contributed by atoms with Crippen LogP contribution < -0.4 is 10.3 Å². The molecule has 22 heavy (non-hydrogen) atoms. The van der Waals surface area contributed by atoms with Crippen LogP contribution in [-0.4, -0.2) is 41.3 Å². The Labute approximate surface area is 138 Å². The molecule has 0 atom stereocenters. The summed E-state index contributed by atoms with van der Waals surface area (Å²) in [6.45, 7) is 2.92. The molecule has 0 aromatic carbocycles. The predicted octanol–water partition coefficient (Wildman–Crippen LogP) is 2.58. The smallest absolute Gasteiger partial charge is 0.207 e. The van der Waals surface area contributed by atoms with Gasteiger partial charge < -0.3 is 19.6 Å². The fourth-order valence-corrected chi connectivity index (χ4v) is 3.90. The Morgan fingerprint density at radius 3 is 2.86 bits per heavy atom. The van der Waals surface area contributed by atoms with Gasteiger partial charge in [-0.1, -0.05) is 0 Å². The maximum absolute atomic E-state index is 12.4. The highest BCUT2D eigenvalue weighted by Crippen LogP contribution is 2.31. The Hall–Kier alpha value is -1.64. The molecule has 1 fully saturated rings. The molecule has 2 N–H and O–H groups in total. The standard InChI is InChI=1S/C14H13BrN4O2S/c15-10-7-22-14(17-10)8-6-16-13-9(20)5-11(18-12(8)13)19-1-3-21-4-2-19/h5-7,16H,1-4H2,(H,18,20). The highest BCUT2D eigenvalue weighted by molar-refractivity contribution is 9.10. The molecule has 0 radical (unpaired) electrons. The highest BCUT2D eigenvalue weighted by Gasteiger charge is 2.17. The Balaban J connectivity index is 1.86. The Kier molecular flexibility index (Phi) is 3.51. The van der Waals surface area contributed by atoms with E-state index in [4.69, 9.17) is 4.74 Å². The average Bonchev–Trinajstić information content (AvgIpc) is 3.14. The fourth-order valence-electron chi connectivity index (χ4n) is 2.63. The van der Waals surface area contributed by atoms with E-state index >= 15 is 0 Å². The second-order valence-corrected chi connectivity index (χ2v) is 6.72. The summed E-state index contributed by atoms with van der Waals surface area (Å²) in [7, 11) is 0. The summed E-state index contributed by atoms with van der Waals surface area (Å²) in [5.74, 6) is 0.831. The highest BCUT2D eigenvalue weighted by atomic mass is 79.9. The van der Waals surface area contributed by atoms with Gasteiger partial charge in [-0.2, -0.15) is 0 Å².